The van der Waals surface area contributed by atoms with Gasteiger partial charge in [-0.05, 0) is 36.7 Å². The monoisotopic (exact) mass is 482 g/mol. The van der Waals surface area contributed by atoms with Crippen LogP contribution in [0, 0.1) is 0 Å². The molecule has 184 valence electrons. The molecule has 0 aliphatic heterocycles. The van der Waals surface area contributed by atoms with E-state index in [9.17, 15) is 13.2 Å². The number of rotatable bonds is 9. The minimum Gasteiger partial charge on any atom is -0.420 e. The van der Waals surface area contributed by atoms with Crippen LogP contribution < -0.4 is 0 Å². The maximum atomic E-state index is 12.7. The Balaban J connectivity index is 0. The van der Waals surface area contributed by atoms with Crippen LogP contribution in [0.4, 0.5) is 13.2 Å². The van der Waals surface area contributed by atoms with Gasteiger partial charge in [-0.25, -0.2) is 0 Å². The summed E-state index contributed by atoms with van der Waals surface area (Å²) in [6.07, 6.45) is -4.41. The molecule has 1 unspecified atom stereocenters. The fraction of sp³-hybridized carbons (Fsp3) is 0.739. The molecule has 0 bridgehead atoms. The van der Waals surface area contributed by atoms with Crippen LogP contribution in [0.15, 0.2) is 30.3 Å². The van der Waals surface area contributed by atoms with Gasteiger partial charge in [0.05, 0.1) is 0 Å². The van der Waals surface area contributed by atoms with Crippen molar-refractivity contribution in [3.63, 3.8) is 0 Å². The minimum atomic E-state index is -4.41. The molecule has 0 saturated heterocycles. The van der Waals surface area contributed by atoms with Crippen LogP contribution in [-0.4, -0.2) is 50.5 Å². The fourth-order valence-electron chi connectivity index (χ4n) is 2.74. The van der Waals surface area contributed by atoms with E-state index in [-0.39, 0.29) is 5.56 Å². The van der Waals surface area contributed by atoms with Gasteiger partial charge in [0.2, 0.25) is 0 Å². The van der Waals surface area contributed by atoms with Gasteiger partial charge in [0.15, 0.2) is 13.9 Å². The summed E-state index contributed by atoms with van der Waals surface area (Å²) in [5.41, 5.74) is -2.12. The lowest BCUT2D eigenvalue weighted by Crippen LogP contribution is -2.41. The second kappa shape index (κ2) is 15.2. The third kappa shape index (κ3) is 12.2. The predicted molar refractivity (Wildman–Crippen MR) is 131 cm³/mol. The molecular weight excluding hydrogens is 437 g/mol. The molecule has 0 aliphatic carbocycles. The molecule has 0 aromatic heterocycles. The van der Waals surface area contributed by atoms with Crippen LogP contribution in [0.2, 0.25) is 43.8 Å². The first-order valence-corrected chi connectivity index (χ1v) is 17.2. The standard InChI is InChI=1S/C10H11F3O.C7H18OSi.C6H16OSi/c1-9(14-2,10(11,12)13)8-6-4-3-5-7-8;1-5-9(6-2,7-3)8-4;1-7-5-6-8(2,3)4/h3-7H,1-2H3;5-7H2,1-4H3;5-6H2,1-4H3. The van der Waals surface area contributed by atoms with E-state index in [4.69, 9.17) is 9.16 Å². The molecule has 0 heterocycles. The number of hydrogen-bond acceptors (Lipinski definition) is 3. The topological polar surface area (TPSA) is 27.7 Å². The largest absolute Gasteiger partial charge is 0.421 e. The SMILES string of the molecule is CC[Si](CC)(CC)OC.COC(C)(c1ccccc1)C(F)(F)F.COCC[Si](C)(C)C. The number of methoxy groups -OCH3 is 2. The van der Waals surface area contributed by atoms with Crippen molar-refractivity contribution >= 4 is 16.4 Å². The smallest absolute Gasteiger partial charge is 0.420 e. The number of benzene rings is 1. The van der Waals surface area contributed by atoms with Crippen molar-refractivity contribution in [2.24, 2.45) is 0 Å². The molecule has 8 heteroatoms. The minimum absolute atomic E-state index is 0.106. The molecule has 1 aromatic rings. The molecule has 0 fully saturated rings. The van der Waals surface area contributed by atoms with E-state index in [1.165, 1.54) is 36.3 Å². The van der Waals surface area contributed by atoms with Crippen molar-refractivity contribution in [2.45, 2.75) is 83.3 Å². The summed E-state index contributed by atoms with van der Waals surface area (Å²) >= 11 is 0. The highest BCUT2D eigenvalue weighted by atomic mass is 28.4. The Morgan fingerprint density at radius 2 is 1.29 bits per heavy atom. The van der Waals surface area contributed by atoms with E-state index >= 15 is 0 Å². The quantitative estimate of drug-likeness (QED) is 0.337. The lowest BCUT2D eigenvalue weighted by atomic mass is 9.95. The predicted octanol–water partition coefficient (Wildman–Crippen LogP) is 7.72. The number of ether oxygens (including phenoxy) is 2. The van der Waals surface area contributed by atoms with Gasteiger partial charge in [-0.15, -0.1) is 0 Å². The van der Waals surface area contributed by atoms with Gasteiger partial charge in [0.25, 0.3) is 0 Å². The van der Waals surface area contributed by atoms with E-state index in [2.05, 4.69) is 45.1 Å². The summed E-state index contributed by atoms with van der Waals surface area (Å²) in [6.45, 7) is 15.7. The molecule has 0 radical (unpaired) electrons. The van der Waals surface area contributed by atoms with Crippen molar-refractivity contribution in [2.75, 3.05) is 27.9 Å². The highest BCUT2D eigenvalue weighted by Crippen LogP contribution is 2.41. The first-order chi connectivity index (χ1) is 14.2. The van der Waals surface area contributed by atoms with Crippen LogP contribution in [0.5, 0.6) is 0 Å². The highest BCUT2D eigenvalue weighted by molar-refractivity contribution is 6.76. The van der Waals surface area contributed by atoms with Crippen molar-refractivity contribution < 1.29 is 27.1 Å². The summed E-state index contributed by atoms with van der Waals surface area (Å²) in [5.74, 6) is 0. The van der Waals surface area contributed by atoms with E-state index in [1.807, 2.05) is 7.11 Å². The molecule has 1 rings (SSSR count). The Morgan fingerprint density at radius 1 is 0.839 bits per heavy atom. The Hall–Kier alpha value is -0.676. The molecule has 0 saturated carbocycles. The average molecular weight is 483 g/mol. The summed E-state index contributed by atoms with van der Waals surface area (Å²) in [5, 5.41) is 0. The third-order valence-corrected chi connectivity index (χ3v) is 12.1. The third-order valence-electron chi connectivity index (χ3n) is 5.70. The molecule has 0 amide bonds. The Bertz CT molecular complexity index is 542. The second-order valence-electron chi connectivity index (χ2n) is 8.85. The maximum absolute atomic E-state index is 12.7. The molecule has 31 heavy (non-hydrogen) atoms. The first-order valence-electron chi connectivity index (χ1n) is 10.9. The van der Waals surface area contributed by atoms with Crippen LogP contribution in [0.3, 0.4) is 0 Å². The Kier molecular flexibility index (Phi) is 16.0. The first kappa shape index (κ1) is 32.5. The Morgan fingerprint density at radius 3 is 1.48 bits per heavy atom. The number of hydrogen-bond donors (Lipinski definition) is 0. The molecule has 0 aliphatic rings. The number of halogens is 3. The lowest BCUT2D eigenvalue weighted by molar-refractivity contribution is -0.269. The van der Waals surface area contributed by atoms with Crippen LogP contribution in [0.1, 0.15) is 33.3 Å². The number of alkyl halides is 3. The summed E-state index contributed by atoms with van der Waals surface area (Å²) in [4.78, 5) is 0. The average Bonchev–Trinajstić information content (AvgIpc) is 2.74. The molecular formula is C23H45F3O3Si2. The van der Waals surface area contributed by atoms with Crippen molar-refractivity contribution in [3.05, 3.63) is 35.9 Å². The van der Waals surface area contributed by atoms with Crippen molar-refractivity contribution in [3.8, 4) is 0 Å². The van der Waals surface area contributed by atoms with Gasteiger partial charge in [-0.3, -0.25) is 0 Å². The van der Waals surface area contributed by atoms with Gasteiger partial charge in [0, 0.05) is 36.0 Å². The van der Waals surface area contributed by atoms with Gasteiger partial charge < -0.3 is 13.9 Å². The van der Waals surface area contributed by atoms with Gasteiger partial charge >= 0.3 is 6.18 Å². The van der Waals surface area contributed by atoms with Gasteiger partial charge in [-0.2, -0.15) is 13.2 Å². The molecule has 3 nitrogen and oxygen atoms in total. The normalized spacial score (nSPS) is 14.0. The lowest BCUT2D eigenvalue weighted by Gasteiger charge is -2.30. The summed E-state index contributed by atoms with van der Waals surface area (Å²) in [7, 11) is 2.69. The van der Waals surface area contributed by atoms with Crippen LogP contribution in [0.25, 0.3) is 0 Å². The molecule has 1 aromatic carbocycles. The van der Waals surface area contributed by atoms with Crippen molar-refractivity contribution in [1.82, 2.24) is 0 Å². The Labute approximate surface area is 190 Å². The van der Waals surface area contributed by atoms with Gasteiger partial charge in [-0.1, -0.05) is 70.7 Å². The summed E-state index contributed by atoms with van der Waals surface area (Å²) in [6, 6.07) is 12.6. The second-order valence-corrected chi connectivity index (χ2v) is 19.4. The zero-order chi connectivity index (χ0) is 24.8. The zero-order valence-electron chi connectivity index (χ0n) is 21.3. The van der Waals surface area contributed by atoms with E-state index in [0.29, 0.717) is 0 Å². The zero-order valence-corrected chi connectivity index (χ0v) is 23.3. The summed E-state index contributed by atoms with van der Waals surface area (Å²) < 4.78 is 53.0. The molecule has 1 atom stereocenters. The van der Waals surface area contributed by atoms with Crippen LogP contribution >= 0.6 is 0 Å². The van der Waals surface area contributed by atoms with E-state index < -0.39 is 28.2 Å². The maximum Gasteiger partial charge on any atom is 0.421 e. The highest BCUT2D eigenvalue weighted by Gasteiger charge is 2.52. The fourth-order valence-corrected chi connectivity index (χ4v) is 5.93. The van der Waals surface area contributed by atoms with Crippen molar-refractivity contribution in [1.29, 1.82) is 0 Å². The molecule has 0 spiro atoms. The van der Waals surface area contributed by atoms with Gasteiger partial charge in [0.1, 0.15) is 0 Å². The molecule has 0 N–H and O–H groups in total. The van der Waals surface area contributed by atoms with Crippen LogP contribution in [-0.2, 0) is 19.5 Å². The van der Waals surface area contributed by atoms with E-state index in [0.717, 1.165) is 20.6 Å². The van der Waals surface area contributed by atoms with E-state index in [1.54, 1.807) is 25.3 Å².